The second-order valence-corrected chi connectivity index (χ2v) is 7.43. The zero-order chi connectivity index (χ0) is 16.4. The van der Waals surface area contributed by atoms with Gasteiger partial charge in [-0.1, -0.05) is 0 Å². The number of likely N-dealkylation sites (tertiary alicyclic amines) is 2. The number of aromatic nitrogens is 2. The summed E-state index contributed by atoms with van der Waals surface area (Å²) < 4.78 is 1.88. The van der Waals surface area contributed by atoms with Gasteiger partial charge in [-0.2, -0.15) is 5.10 Å². The predicted octanol–water partition coefficient (Wildman–Crippen LogP) is 2.39. The summed E-state index contributed by atoms with van der Waals surface area (Å²) in [5, 5.41) is 4.28. The third kappa shape index (κ3) is 3.77. The molecule has 3 heterocycles. The van der Waals surface area contributed by atoms with E-state index in [-0.39, 0.29) is 0 Å². The molecule has 0 radical (unpaired) electrons. The van der Waals surface area contributed by atoms with Crippen LogP contribution in [0.2, 0.25) is 0 Å². The van der Waals surface area contributed by atoms with Crippen LogP contribution in [0, 0.1) is 0 Å². The van der Waals surface area contributed by atoms with Crippen LogP contribution in [-0.4, -0.2) is 57.2 Å². The fourth-order valence-electron chi connectivity index (χ4n) is 4.26. The van der Waals surface area contributed by atoms with Gasteiger partial charge in [-0.25, -0.2) is 0 Å². The highest BCUT2D eigenvalue weighted by Crippen LogP contribution is 2.28. The Hall–Kier alpha value is -1.36. The molecule has 0 unspecified atom stereocenters. The second kappa shape index (κ2) is 7.04. The van der Waals surface area contributed by atoms with Gasteiger partial charge in [0.05, 0.1) is 12.7 Å². The Morgan fingerprint density at radius 1 is 1.17 bits per heavy atom. The normalized spacial score (nSPS) is 27.3. The van der Waals surface area contributed by atoms with E-state index in [1.807, 2.05) is 17.9 Å². The lowest BCUT2D eigenvalue weighted by molar-refractivity contribution is -0.138. The van der Waals surface area contributed by atoms with E-state index >= 15 is 0 Å². The number of piperidine rings is 2. The van der Waals surface area contributed by atoms with Crippen LogP contribution in [0.5, 0.6) is 0 Å². The van der Waals surface area contributed by atoms with Crippen molar-refractivity contribution >= 4 is 5.91 Å². The average Bonchev–Trinajstić information content (AvgIpc) is 2.94. The lowest BCUT2D eigenvalue weighted by atomic mass is 9.91. The molecule has 2 saturated heterocycles. The van der Waals surface area contributed by atoms with Gasteiger partial charge in [0, 0.05) is 25.3 Å². The molecule has 3 rings (SSSR count). The van der Waals surface area contributed by atoms with Gasteiger partial charge in [-0.05, 0) is 70.5 Å². The molecule has 5 heteroatoms. The Labute approximate surface area is 139 Å². The molecule has 0 aromatic carbocycles. The molecule has 2 fully saturated rings. The first-order chi connectivity index (χ1) is 11.0. The van der Waals surface area contributed by atoms with Crippen molar-refractivity contribution in [1.82, 2.24) is 19.6 Å². The maximum absolute atomic E-state index is 12.7. The number of rotatable bonds is 3. The maximum Gasteiger partial charge on any atom is 0.237 e. The number of aryl methyl sites for hydroxylation is 1. The molecule has 1 amide bonds. The van der Waals surface area contributed by atoms with E-state index in [1.54, 1.807) is 0 Å². The first-order valence-corrected chi connectivity index (χ1v) is 9.06. The molecule has 2 aliphatic heterocycles. The van der Waals surface area contributed by atoms with E-state index in [4.69, 9.17) is 0 Å². The van der Waals surface area contributed by atoms with Gasteiger partial charge >= 0.3 is 0 Å². The van der Waals surface area contributed by atoms with Crippen LogP contribution in [-0.2, 0) is 11.8 Å². The smallest absolute Gasteiger partial charge is 0.237 e. The van der Waals surface area contributed by atoms with Crippen molar-refractivity contribution in [2.24, 2.45) is 7.05 Å². The van der Waals surface area contributed by atoms with E-state index in [0.29, 0.717) is 30.5 Å². The number of carbonyl (C=O) groups is 1. The molecule has 5 nitrogen and oxygen atoms in total. The number of hydrogen-bond donors (Lipinski definition) is 0. The van der Waals surface area contributed by atoms with E-state index in [0.717, 1.165) is 38.8 Å². The minimum Gasteiger partial charge on any atom is -0.336 e. The summed E-state index contributed by atoms with van der Waals surface area (Å²) in [6.45, 7) is 7.02. The van der Waals surface area contributed by atoms with Gasteiger partial charge < -0.3 is 4.90 Å². The maximum atomic E-state index is 12.7. The summed E-state index contributed by atoms with van der Waals surface area (Å²) in [6, 6.07) is 0.804. The third-order valence-corrected chi connectivity index (χ3v) is 5.62. The van der Waals surface area contributed by atoms with Crippen LogP contribution >= 0.6 is 0 Å². The number of hydrogen-bond acceptors (Lipinski definition) is 3. The quantitative estimate of drug-likeness (QED) is 0.859. The highest BCUT2D eigenvalue weighted by molar-refractivity contribution is 5.79. The molecule has 1 aromatic heterocycles. The van der Waals surface area contributed by atoms with Crippen LogP contribution in [0.3, 0.4) is 0 Å². The zero-order valence-corrected chi connectivity index (χ0v) is 14.7. The molecule has 1 aromatic rings. The summed E-state index contributed by atoms with van der Waals surface area (Å²) in [5.41, 5.74) is 1.34. The van der Waals surface area contributed by atoms with E-state index in [2.05, 4.69) is 34.9 Å². The molecule has 128 valence electrons. The molecule has 0 N–H and O–H groups in total. The van der Waals surface area contributed by atoms with Gasteiger partial charge in [0.25, 0.3) is 0 Å². The van der Waals surface area contributed by atoms with Crippen molar-refractivity contribution in [3.8, 4) is 0 Å². The molecular formula is C18H30N4O. The van der Waals surface area contributed by atoms with Gasteiger partial charge in [0.15, 0.2) is 0 Å². The molecule has 23 heavy (non-hydrogen) atoms. The molecule has 0 spiro atoms. The Kier molecular flexibility index (Phi) is 5.05. The van der Waals surface area contributed by atoms with Crippen molar-refractivity contribution < 1.29 is 4.79 Å². The molecule has 0 bridgehead atoms. The Bertz CT molecular complexity index is 523. The van der Waals surface area contributed by atoms with Crippen molar-refractivity contribution in [1.29, 1.82) is 0 Å². The minimum atomic E-state index is 0.324. The van der Waals surface area contributed by atoms with Crippen molar-refractivity contribution in [2.45, 2.75) is 64.0 Å². The van der Waals surface area contributed by atoms with E-state index in [1.165, 1.54) is 12.0 Å². The Balaban J connectivity index is 1.51. The van der Waals surface area contributed by atoms with Crippen molar-refractivity contribution in [2.75, 3.05) is 19.6 Å². The van der Waals surface area contributed by atoms with Crippen LogP contribution in [0.4, 0.5) is 0 Å². The van der Waals surface area contributed by atoms with Crippen LogP contribution in [0.15, 0.2) is 12.4 Å². The molecular weight excluding hydrogens is 288 g/mol. The van der Waals surface area contributed by atoms with Crippen LogP contribution < -0.4 is 0 Å². The molecule has 2 aliphatic rings. The summed E-state index contributed by atoms with van der Waals surface area (Å²) in [6.07, 6.45) is 9.93. The monoisotopic (exact) mass is 318 g/mol. The number of carbonyl (C=O) groups excluding carboxylic acids is 1. The molecule has 0 aliphatic carbocycles. The highest BCUT2D eigenvalue weighted by atomic mass is 16.2. The van der Waals surface area contributed by atoms with Crippen molar-refractivity contribution in [3.05, 3.63) is 18.0 Å². The predicted molar refractivity (Wildman–Crippen MR) is 91.2 cm³/mol. The standard InChI is InChI=1S/C18H30N4O/c1-14-5-4-6-15(2)22(14)18(23)13-21-9-7-16(8-10-21)17-11-19-20(3)12-17/h11-12,14-16H,4-10,13H2,1-3H3/t14-,15+. The second-order valence-electron chi connectivity index (χ2n) is 7.43. The molecule has 0 saturated carbocycles. The van der Waals surface area contributed by atoms with Gasteiger partial charge in [0.1, 0.15) is 0 Å². The highest BCUT2D eigenvalue weighted by Gasteiger charge is 2.31. The van der Waals surface area contributed by atoms with E-state index in [9.17, 15) is 4.79 Å². The SMILES string of the molecule is C[C@@H]1CCC[C@H](C)N1C(=O)CN1CCC(c2cnn(C)c2)CC1. The third-order valence-electron chi connectivity index (χ3n) is 5.62. The fraction of sp³-hybridized carbons (Fsp3) is 0.778. The average molecular weight is 318 g/mol. The van der Waals surface area contributed by atoms with Crippen LogP contribution in [0.1, 0.15) is 57.4 Å². The zero-order valence-electron chi connectivity index (χ0n) is 14.7. The Morgan fingerprint density at radius 3 is 2.39 bits per heavy atom. The number of amides is 1. The lowest BCUT2D eigenvalue weighted by Gasteiger charge is -2.41. The summed E-state index contributed by atoms with van der Waals surface area (Å²) in [7, 11) is 1.97. The first kappa shape index (κ1) is 16.5. The molecule has 2 atom stereocenters. The van der Waals surface area contributed by atoms with Crippen LogP contribution in [0.25, 0.3) is 0 Å². The Morgan fingerprint density at radius 2 is 1.83 bits per heavy atom. The lowest BCUT2D eigenvalue weighted by Crippen LogP contribution is -2.51. The van der Waals surface area contributed by atoms with E-state index < -0.39 is 0 Å². The topological polar surface area (TPSA) is 41.4 Å². The van der Waals surface area contributed by atoms with Gasteiger partial charge in [0.2, 0.25) is 5.91 Å². The fourth-order valence-corrected chi connectivity index (χ4v) is 4.26. The largest absolute Gasteiger partial charge is 0.336 e. The van der Waals surface area contributed by atoms with Crippen molar-refractivity contribution in [3.63, 3.8) is 0 Å². The van der Waals surface area contributed by atoms with Gasteiger partial charge in [-0.15, -0.1) is 0 Å². The number of nitrogens with zero attached hydrogens (tertiary/aromatic N) is 4. The van der Waals surface area contributed by atoms with Gasteiger partial charge in [-0.3, -0.25) is 14.4 Å². The minimum absolute atomic E-state index is 0.324. The summed E-state index contributed by atoms with van der Waals surface area (Å²) >= 11 is 0. The summed E-state index contributed by atoms with van der Waals surface area (Å²) in [4.78, 5) is 17.2. The first-order valence-electron chi connectivity index (χ1n) is 9.06. The summed E-state index contributed by atoms with van der Waals surface area (Å²) in [5.74, 6) is 0.924.